The third-order valence-corrected chi connectivity index (χ3v) is 9.67. The lowest BCUT2D eigenvalue weighted by atomic mass is 9.63. The lowest BCUT2D eigenvalue weighted by Crippen LogP contribution is -2.34. The first kappa shape index (κ1) is 29.6. The van der Waals surface area contributed by atoms with Gasteiger partial charge in [-0.15, -0.1) is 0 Å². The second-order valence-corrected chi connectivity index (χ2v) is 12.6. The lowest BCUT2D eigenvalue weighted by Gasteiger charge is -2.41. The fraction of sp³-hybridized carbons (Fsp3) is 0.0213. The van der Waals surface area contributed by atoms with Crippen LogP contribution < -0.4 is 4.74 Å². The number of fused-ring (bicyclic) bond motifs is 2. The van der Waals surface area contributed by atoms with E-state index in [1.165, 1.54) is 16.7 Å². The van der Waals surface area contributed by atoms with Crippen LogP contribution in [0, 0.1) is 0 Å². The van der Waals surface area contributed by atoms with E-state index < -0.39 is 5.41 Å². The van der Waals surface area contributed by atoms with Crippen molar-refractivity contribution >= 4 is 0 Å². The number of hydrogen-bond donors (Lipinski definition) is 0. The Morgan fingerprint density at radius 3 is 1.32 bits per heavy atom. The van der Waals surface area contributed by atoms with Crippen LogP contribution in [0.25, 0.3) is 45.0 Å². The lowest BCUT2D eigenvalue weighted by molar-refractivity contribution is 0.434. The molecule has 0 saturated carbocycles. The first-order valence-electron chi connectivity index (χ1n) is 16.9. The highest BCUT2D eigenvalue weighted by Crippen LogP contribution is 2.55. The second-order valence-electron chi connectivity index (χ2n) is 12.6. The van der Waals surface area contributed by atoms with Crippen molar-refractivity contribution in [1.82, 2.24) is 9.97 Å². The van der Waals surface area contributed by atoms with Crippen LogP contribution in [0.2, 0.25) is 0 Å². The Morgan fingerprint density at radius 1 is 0.340 bits per heavy atom. The molecular formula is C47H32N2O. The van der Waals surface area contributed by atoms with Crippen molar-refractivity contribution in [1.29, 1.82) is 0 Å². The summed E-state index contributed by atoms with van der Waals surface area (Å²) in [6.07, 6.45) is 0. The number of nitrogens with zero attached hydrogens (tertiary/aromatic N) is 2. The Morgan fingerprint density at radius 2 is 0.740 bits per heavy atom. The van der Waals surface area contributed by atoms with E-state index in [0.29, 0.717) is 5.82 Å². The van der Waals surface area contributed by atoms with E-state index in [9.17, 15) is 0 Å². The van der Waals surface area contributed by atoms with Crippen LogP contribution in [-0.4, -0.2) is 9.97 Å². The molecule has 0 atom stereocenters. The molecule has 0 unspecified atom stereocenters. The van der Waals surface area contributed by atoms with Gasteiger partial charge in [-0.3, -0.25) is 0 Å². The van der Waals surface area contributed by atoms with Gasteiger partial charge in [0.1, 0.15) is 11.5 Å². The molecule has 0 N–H and O–H groups in total. The maximum Gasteiger partial charge on any atom is 0.160 e. The van der Waals surface area contributed by atoms with E-state index in [2.05, 4.69) is 158 Å². The summed E-state index contributed by atoms with van der Waals surface area (Å²) in [5.74, 6) is 2.41. The molecule has 0 saturated heterocycles. The minimum Gasteiger partial charge on any atom is -0.457 e. The van der Waals surface area contributed by atoms with Crippen molar-refractivity contribution in [3.05, 3.63) is 216 Å². The van der Waals surface area contributed by atoms with E-state index in [4.69, 9.17) is 14.7 Å². The Balaban J connectivity index is 1.19. The predicted molar refractivity (Wildman–Crippen MR) is 202 cm³/mol. The van der Waals surface area contributed by atoms with Crippen molar-refractivity contribution in [2.24, 2.45) is 0 Å². The van der Waals surface area contributed by atoms with Crippen LogP contribution in [-0.2, 0) is 5.41 Å². The number of aromatic nitrogens is 2. The number of hydrogen-bond acceptors (Lipinski definition) is 3. The molecule has 7 aromatic carbocycles. The Bertz CT molecular complexity index is 2380. The highest BCUT2D eigenvalue weighted by Gasteiger charge is 2.45. The molecule has 1 aromatic heterocycles. The second kappa shape index (κ2) is 12.5. The SMILES string of the molecule is c1ccc(-c2ccc(-c3cc(-c4ccccc4)nc(-c4ccc(C5(c6ccccc6)c6ccccc6Oc6ccccc65)cc4)n3)cc2)cc1. The average Bonchev–Trinajstić information content (AvgIpc) is 3.21. The van der Waals surface area contributed by atoms with Gasteiger partial charge in [-0.1, -0.05) is 176 Å². The van der Waals surface area contributed by atoms with Gasteiger partial charge < -0.3 is 4.74 Å². The summed E-state index contributed by atoms with van der Waals surface area (Å²) in [5, 5.41) is 0. The van der Waals surface area contributed by atoms with Crippen LogP contribution in [0.3, 0.4) is 0 Å². The highest BCUT2D eigenvalue weighted by atomic mass is 16.5. The zero-order chi connectivity index (χ0) is 33.3. The largest absolute Gasteiger partial charge is 0.457 e. The van der Waals surface area contributed by atoms with Crippen molar-refractivity contribution in [2.75, 3.05) is 0 Å². The van der Waals surface area contributed by atoms with Crippen LogP contribution >= 0.6 is 0 Å². The summed E-state index contributed by atoms with van der Waals surface area (Å²) in [6, 6.07) is 67.8. The van der Waals surface area contributed by atoms with E-state index in [1.807, 2.05) is 36.4 Å². The fourth-order valence-corrected chi connectivity index (χ4v) is 7.29. The fourth-order valence-electron chi connectivity index (χ4n) is 7.29. The summed E-state index contributed by atoms with van der Waals surface area (Å²) >= 11 is 0. The Kier molecular flexibility index (Phi) is 7.37. The van der Waals surface area contributed by atoms with Gasteiger partial charge in [0.05, 0.1) is 16.8 Å². The topological polar surface area (TPSA) is 35.0 Å². The normalized spacial score (nSPS) is 12.7. The standard InChI is InChI=1S/C47H32N2O/c1-4-14-33(15-5-1)34-24-26-36(27-25-34)43-32-42(35-16-6-2-7-17-35)48-46(49-43)37-28-30-39(31-29-37)47(38-18-8-3-9-19-38)40-20-10-12-22-44(40)50-45-23-13-11-21-41(45)47/h1-32H. The van der Waals surface area contributed by atoms with Gasteiger partial charge in [0, 0.05) is 27.8 Å². The molecule has 8 aromatic rings. The third kappa shape index (κ3) is 5.08. The average molecular weight is 641 g/mol. The van der Waals surface area contributed by atoms with E-state index in [1.54, 1.807) is 0 Å². The van der Waals surface area contributed by atoms with Gasteiger partial charge in [0.2, 0.25) is 0 Å². The van der Waals surface area contributed by atoms with Crippen LogP contribution in [0.5, 0.6) is 11.5 Å². The van der Waals surface area contributed by atoms with Gasteiger partial charge >= 0.3 is 0 Å². The summed E-state index contributed by atoms with van der Waals surface area (Å²) in [5.41, 5.74) is 11.1. The first-order chi connectivity index (χ1) is 24.8. The van der Waals surface area contributed by atoms with Crippen molar-refractivity contribution < 1.29 is 4.74 Å². The molecule has 0 bridgehead atoms. The molecule has 236 valence electrons. The zero-order valence-electron chi connectivity index (χ0n) is 27.3. The van der Waals surface area contributed by atoms with Crippen molar-refractivity contribution in [2.45, 2.75) is 5.41 Å². The number of rotatable bonds is 6. The summed E-state index contributed by atoms with van der Waals surface area (Å²) in [6.45, 7) is 0. The maximum atomic E-state index is 6.49. The number of para-hydroxylation sites is 2. The summed E-state index contributed by atoms with van der Waals surface area (Å²) in [4.78, 5) is 10.3. The number of benzene rings is 7. The first-order valence-corrected chi connectivity index (χ1v) is 16.9. The van der Waals surface area contributed by atoms with Crippen molar-refractivity contribution in [3.63, 3.8) is 0 Å². The monoisotopic (exact) mass is 640 g/mol. The quantitative estimate of drug-likeness (QED) is 0.181. The predicted octanol–water partition coefficient (Wildman–Crippen LogP) is 11.6. The van der Waals surface area contributed by atoms with Crippen molar-refractivity contribution in [3.8, 4) is 56.5 Å². The van der Waals surface area contributed by atoms with Gasteiger partial charge in [-0.2, -0.15) is 0 Å². The van der Waals surface area contributed by atoms with E-state index in [-0.39, 0.29) is 0 Å². The molecule has 1 aliphatic rings. The van der Waals surface area contributed by atoms with E-state index in [0.717, 1.165) is 56.3 Å². The zero-order valence-corrected chi connectivity index (χ0v) is 27.3. The molecule has 1 aliphatic heterocycles. The Labute approximate surface area is 292 Å². The van der Waals surface area contributed by atoms with Crippen LogP contribution in [0.4, 0.5) is 0 Å². The molecule has 50 heavy (non-hydrogen) atoms. The molecule has 0 fully saturated rings. The van der Waals surface area contributed by atoms with Gasteiger partial charge in [0.25, 0.3) is 0 Å². The molecule has 0 amide bonds. The molecule has 2 heterocycles. The molecule has 3 nitrogen and oxygen atoms in total. The molecular weight excluding hydrogens is 609 g/mol. The van der Waals surface area contributed by atoms with Crippen LogP contribution in [0.1, 0.15) is 22.3 Å². The third-order valence-electron chi connectivity index (χ3n) is 9.67. The smallest absolute Gasteiger partial charge is 0.160 e. The molecule has 9 rings (SSSR count). The summed E-state index contributed by atoms with van der Waals surface area (Å²) in [7, 11) is 0. The molecule has 0 aliphatic carbocycles. The van der Waals surface area contributed by atoms with Gasteiger partial charge in [-0.25, -0.2) is 9.97 Å². The minimum absolute atomic E-state index is 0.580. The Hall–Kier alpha value is -6.58. The molecule has 0 spiro atoms. The maximum absolute atomic E-state index is 6.49. The molecule has 3 heteroatoms. The minimum atomic E-state index is -0.580. The van der Waals surface area contributed by atoms with E-state index >= 15 is 0 Å². The van der Waals surface area contributed by atoms with Crippen LogP contribution in [0.15, 0.2) is 194 Å². The summed E-state index contributed by atoms with van der Waals surface area (Å²) < 4.78 is 6.49. The van der Waals surface area contributed by atoms with Gasteiger partial charge in [-0.05, 0) is 40.5 Å². The van der Waals surface area contributed by atoms with Gasteiger partial charge in [0.15, 0.2) is 5.82 Å². The molecule has 0 radical (unpaired) electrons. The number of ether oxygens (including phenoxy) is 1. The highest BCUT2D eigenvalue weighted by molar-refractivity contribution is 5.75.